The first kappa shape index (κ1) is 19.7. The van der Waals surface area contributed by atoms with Crippen LogP contribution < -0.4 is 4.72 Å². The molecule has 2 rings (SSSR count). The van der Waals surface area contributed by atoms with Crippen LogP contribution in [0.5, 0.6) is 0 Å². The molecule has 0 aliphatic carbocycles. The zero-order valence-corrected chi connectivity index (χ0v) is 14.8. The Morgan fingerprint density at radius 2 is 2.00 bits per heavy atom. The van der Waals surface area contributed by atoms with Gasteiger partial charge in [-0.3, -0.25) is 4.79 Å². The van der Waals surface area contributed by atoms with Gasteiger partial charge in [-0.15, -0.1) is 0 Å². The first-order valence-electron chi connectivity index (χ1n) is 8.02. The first-order valence-corrected chi connectivity index (χ1v) is 9.51. The van der Waals surface area contributed by atoms with Crippen LogP contribution in [0.3, 0.4) is 0 Å². The summed E-state index contributed by atoms with van der Waals surface area (Å²) in [6, 6.07) is 2.41. The number of likely N-dealkylation sites (tertiary alicyclic amines) is 1. The van der Waals surface area contributed by atoms with Gasteiger partial charge in [0.15, 0.2) is 0 Å². The molecule has 1 N–H and O–H groups in total. The molecule has 1 fully saturated rings. The van der Waals surface area contributed by atoms with Crippen molar-refractivity contribution in [2.45, 2.75) is 56.3 Å². The Morgan fingerprint density at radius 3 is 2.60 bits per heavy atom. The van der Waals surface area contributed by atoms with E-state index in [0.29, 0.717) is 12.6 Å². The summed E-state index contributed by atoms with van der Waals surface area (Å²) >= 11 is 0. The lowest BCUT2D eigenvalue weighted by Crippen LogP contribution is -2.51. The third-order valence-electron chi connectivity index (χ3n) is 4.26. The zero-order valence-electron chi connectivity index (χ0n) is 14.0. The average molecular weight is 378 g/mol. The van der Waals surface area contributed by atoms with Crippen molar-refractivity contribution in [2.75, 3.05) is 6.54 Å². The van der Waals surface area contributed by atoms with Crippen LogP contribution in [0.15, 0.2) is 29.2 Å². The molecule has 2 atom stereocenters. The van der Waals surface area contributed by atoms with Crippen LogP contribution in [0.1, 0.15) is 38.7 Å². The van der Waals surface area contributed by atoms with E-state index < -0.39 is 32.7 Å². The number of piperidine rings is 1. The summed E-state index contributed by atoms with van der Waals surface area (Å²) < 4.78 is 65.1. The van der Waals surface area contributed by atoms with Crippen LogP contribution in [0.2, 0.25) is 0 Å². The molecule has 0 spiro atoms. The fraction of sp³-hybridized carbons (Fsp3) is 0.562. The molecule has 1 aliphatic heterocycles. The molecule has 25 heavy (non-hydrogen) atoms. The zero-order chi connectivity index (χ0) is 18.8. The Morgan fingerprint density at radius 1 is 1.32 bits per heavy atom. The molecule has 5 nitrogen and oxygen atoms in total. The maximum Gasteiger partial charge on any atom is 0.416 e. The van der Waals surface area contributed by atoms with Gasteiger partial charge in [0.1, 0.15) is 0 Å². The third-order valence-corrected chi connectivity index (χ3v) is 5.80. The fourth-order valence-corrected chi connectivity index (χ4v) is 4.11. The van der Waals surface area contributed by atoms with Crippen LogP contribution in [0.25, 0.3) is 0 Å². The Bertz CT molecular complexity index is 734. The van der Waals surface area contributed by atoms with Crippen molar-refractivity contribution >= 4 is 15.9 Å². The number of carbonyl (C=O) groups excluding carboxylic acids is 1. The Kier molecular flexibility index (Phi) is 5.78. The minimum Gasteiger partial charge on any atom is -0.339 e. The number of halogens is 3. The van der Waals surface area contributed by atoms with Gasteiger partial charge in [0.05, 0.1) is 16.5 Å². The van der Waals surface area contributed by atoms with Gasteiger partial charge in [0, 0.05) is 12.6 Å². The van der Waals surface area contributed by atoms with Crippen molar-refractivity contribution in [1.29, 1.82) is 0 Å². The number of hydrogen-bond acceptors (Lipinski definition) is 3. The van der Waals surface area contributed by atoms with Crippen LogP contribution in [0.4, 0.5) is 13.2 Å². The first-order chi connectivity index (χ1) is 11.5. The predicted octanol–water partition coefficient (Wildman–Crippen LogP) is 2.77. The third kappa shape index (κ3) is 4.72. The van der Waals surface area contributed by atoms with Crippen molar-refractivity contribution < 1.29 is 26.4 Å². The van der Waals surface area contributed by atoms with Crippen molar-refractivity contribution in [3.63, 3.8) is 0 Å². The van der Waals surface area contributed by atoms with E-state index in [4.69, 9.17) is 0 Å². The van der Waals surface area contributed by atoms with E-state index >= 15 is 0 Å². The molecule has 0 radical (unpaired) electrons. The molecule has 0 saturated carbocycles. The largest absolute Gasteiger partial charge is 0.416 e. The standard InChI is InChI=1S/C16H21F3N2O3S/c1-11-6-3-4-9-21(11)15(22)12(2)20-25(23,24)14-8-5-7-13(10-14)16(17,18)19/h5,7-8,10-12,20H,3-4,6,9H2,1-2H3. The van der Waals surface area contributed by atoms with Crippen molar-refractivity contribution in [1.82, 2.24) is 9.62 Å². The number of hydrogen-bond donors (Lipinski definition) is 1. The monoisotopic (exact) mass is 378 g/mol. The number of sulfonamides is 1. The molecule has 9 heteroatoms. The van der Waals surface area contributed by atoms with Crippen LogP contribution >= 0.6 is 0 Å². The minimum absolute atomic E-state index is 0.0155. The van der Waals surface area contributed by atoms with Crippen molar-refractivity contribution in [3.8, 4) is 0 Å². The summed E-state index contributed by atoms with van der Waals surface area (Å²) in [5, 5.41) is 0. The van der Waals surface area contributed by atoms with Gasteiger partial charge in [0.2, 0.25) is 15.9 Å². The van der Waals surface area contributed by atoms with E-state index in [0.717, 1.165) is 37.5 Å². The molecule has 2 unspecified atom stereocenters. The van der Waals surface area contributed by atoms with Crippen LogP contribution in [-0.2, 0) is 21.0 Å². The lowest BCUT2D eigenvalue weighted by Gasteiger charge is -2.35. The van der Waals surface area contributed by atoms with Crippen molar-refractivity contribution in [2.24, 2.45) is 0 Å². The van der Waals surface area contributed by atoms with Crippen LogP contribution in [-0.4, -0.2) is 37.9 Å². The highest BCUT2D eigenvalue weighted by Crippen LogP contribution is 2.30. The van der Waals surface area contributed by atoms with Gasteiger partial charge >= 0.3 is 6.18 Å². The Balaban J connectivity index is 2.16. The second kappa shape index (κ2) is 7.33. The molecule has 0 bridgehead atoms. The Hall–Kier alpha value is -1.61. The number of nitrogens with zero attached hydrogens (tertiary/aromatic N) is 1. The van der Waals surface area contributed by atoms with Crippen molar-refractivity contribution in [3.05, 3.63) is 29.8 Å². The highest BCUT2D eigenvalue weighted by molar-refractivity contribution is 7.89. The normalized spacial score (nSPS) is 20.4. The number of carbonyl (C=O) groups is 1. The van der Waals surface area contributed by atoms with Gasteiger partial charge in [-0.1, -0.05) is 6.07 Å². The van der Waals surface area contributed by atoms with Gasteiger partial charge in [-0.25, -0.2) is 8.42 Å². The SMILES string of the molecule is CC(NS(=O)(=O)c1cccc(C(F)(F)F)c1)C(=O)N1CCCCC1C. The molecular formula is C16H21F3N2O3S. The van der Waals surface area contributed by atoms with E-state index in [9.17, 15) is 26.4 Å². The molecule has 1 saturated heterocycles. The Labute approximate surface area is 145 Å². The molecule has 1 amide bonds. The maximum atomic E-state index is 12.8. The number of rotatable bonds is 4. The molecule has 140 valence electrons. The lowest BCUT2D eigenvalue weighted by atomic mass is 10.0. The summed E-state index contributed by atoms with van der Waals surface area (Å²) in [6.07, 6.45) is -1.94. The smallest absolute Gasteiger partial charge is 0.339 e. The summed E-state index contributed by atoms with van der Waals surface area (Å²) in [5.41, 5.74) is -1.06. The topological polar surface area (TPSA) is 66.5 Å². The average Bonchev–Trinajstić information content (AvgIpc) is 2.53. The van der Waals surface area contributed by atoms with Gasteiger partial charge in [-0.2, -0.15) is 17.9 Å². The summed E-state index contributed by atoms with van der Waals surface area (Å²) in [7, 11) is -4.24. The van der Waals surface area contributed by atoms with E-state index in [1.807, 2.05) is 6.92 Å². The summed E-state index contributed by atoms with van der Waals surface area (Å²) in [5.74, 6) is -0.372. The fourth-order valence-electron chi connectivity index (χ4n) is 2.87. The van der Waals surface area contributed by atoms with Gasteiger partial charge in [-0.05, 0) is 51.3 Å². The molecule has 0 aromatic heterocycles. The molecule has 1 aliphatic rings. The van der Waals surface area contributed by atoms with Crippen LogP contribution in [0, 0.1) is 0 Å². The molecule has 1 aromatic carbocycles. The molecular weight excluding hydrogens is 357 g/mol. The van der Waals surface area contributed by atoms with E-state index in [1.165, 1.54) is 6.92 Å². The molecule has 1 aromatic rings. The second-order valence-corrected chi connectivity index (χ2v) is 7.96. The maximum absolute atomic E-state index is 12.8. The van der Waals surface area contributed by atoms with Gasteiger partial charge in [0.25, 0.3) is 0 Å². The van der Waals surface area contributed by atoms with E-state index in [1.54, 1.807) is 4.90 Å². The highest BCUT2D eigenvalue weighted by Gasteiger charge is 2.33. The number of amides is 1. The van der Waals surface area contributed by atoms with E-state index in [-0.39, 0.29) is 11.9 Å². The summed E-state index contributed by atoms with van der Waals surface area (Å²) in [6.45, 7) is 3.84. The summed E-state index contributed by atoms with van der Waals surface area (Å²) in [4.78, 5) is 13.6. The molecule has 1 heterocycles. The second-order valence-electron chi connectivity index (χ2n) is 6.25. The van der Waals surface area contributed by atoms with Gasteiger partial charge < -0.3 is 4.90 Å². The number of benzene rings is 1. The quantitative estimate of drug-likeness (QED) is 0.876. The number of alkyl halides is 3. The highest BCUT2D eigenvalue weighted by atomic mass is 32.2. The predicted molar refractivity (Wildman–Crippen MR) is 86.3 cm³/mol. The van der Waals surface area contributed by atoms with E-state index in [2.05, 4.69) is 4.72 Å². The lowest BCUT2D eigenvalue weighted by molar-refractivity contribution is -0.138. The number of nitrogens with one attached hydrogen (secondary N) is 1. The minimum atomic E-state index is -4.64.